The van der Waals surface area contributed by atoms with Crippen LogP contribution in [0.3, 0.4) is 0 Å². The van der Waals surface area contributed by atoms with Crippen molar-refractivity contribution in [1.29, 1.82) is 0 Å². The Bertz CT molecular complexity index is 455. The van der Waals surface area contributed by atoms with Gasteiger partial charge in [0.05, 0.1) is 0 Å². The van der Waals surface area contributed by atoms with E-state index in [2.05, 4.69) is 66.7 Å². The third kappa shape index (κ3) is 3.56. The Morgan fingerprint density at radius 1 is 1.25 bits per heavy atom. The maximum absolute atomic E-state index is 6.14. The summed E-state index contributed by atoms with van der Waals surface area (Å²) in [5, 5.41) is 0. The Morgan fingerprint density at radius 2 is 1.85 bits per heavy atom. The van der Waals surface area contributed by atoms with E-state index in [1.165, 1.54) is 24.1 Å². The molecule has 20 heavy (non-hydrogen) atoms. The lowest BCUT2D eigenvalue weighted by molar-refractivity contribution is 0.199. The highest BCUT2D eigenvalue weighted by Crippen LogP contribution is 2.37. The number of benzene rings is 1. The maximum Gasteiger partial charge on any atom is 0.0415 e. The van der Waals surface area contributed by atoms with Crippen LogP contribution in [0.2, 0.25) is 0 Å². The lowest BCUT2D eigenvalue weighted by Crippen LogP contribution is -2.38. The number of halogens is 1. The van der Waals surface area contributed by atoms with Gasteiger partial charge in [0.1, 0.15) is 0 Å². The van der Waals surface area contributed by atoms with E-state index in [0.717, 1.165) is 23.5 Å². The van der Waals surface area contributed by atoms with Gasteiger partial charge in [0.25, 0.3) is 0 Å². The average molecular weight is 339 g/mol. The molecule has 1 aliphatic heterocycles. The monoisotopic (exact) mass is 338 g/mol. The molecule has 0 aliphatic carbocycles. The smallest absolute Gasteiger partial charge is 0.0415 e. The molecule has 0 spiro atoms. The molecule has 1 aliphatic rings. The van der Waals surface area contributed by atoms with Crippen molar-refractivity contribution in [3.05, 3.63) is 28.2 Å². The lowest BCUT2D eigenvalue weighted by atomic mass is 9.75. The second-order valence-corrected chi connectivity index (χ2v) is 8.03. The first-order chi connectivity index (χ1) is 9.29. The number of rotatable bonds is 2. The molecule has 2 N–H and O–H groups in total. The Hall–Kier alpha value is -0.540. The highest BCUT2D eigenvalue weighted by Gasteiger charge is 2.29. The van der Waals surface area contributed by atoms with E-state index in [1.807, 2.05) is 0 Å². The van der Waals surface area contributed by atoms with Gasteiger partial charge in [-0.2, -0.15) is 0 Å². The van der Waals surface area contributed by atoms with Crippen LogP contribution in [0.1, 0.15) is 52.1 Å². The summed E-state index contributed by atoms with van der Waals surface area (Å²) in [4.78, 5) is 2.51. The van der Waals surface area contributed by atoms with Crippen LogP contribution < -0.4 is 10.6 Å². The van der Waals surface area contributed by atoms with Gasteiger partial charge in [-0.05, 0) is 54.9 Å². The summed E-state index contributed by atoms with van der Waals surface area (Å²) >= 11 is 3.55. The van der Waals surface area contributed by atoms with E-state index >= 15 is 0 Å². The van der Waals surface area contributed by atoms with Gasteiger partial charge in [-0.15, -0.1) is 0 Å². The zero-order valence-electron chi connectivity index (χ0n) is 13.1. The van der Waals surface area contributed by atoms with E-state index in [9.17, 15) is 0 Å². The Kier molecular flexibility index (Phi) is 4.80. The van der Waals surface area contributed by atoms with E-state index in [4.69, 9.17) is 5.73 Å². The second kappa shape index (κ2) is 6.07. The molecule has 3 heteroatoms. The van der Waals surface area contributed by atoms with Gasteiger partial charge < -0.3 is 10.6 Å². The van der Waals surface area contributed by atoms with E-state index in [-0.39, 0.29) is 6.04 Å². The lowest BCUT2D eigenvalue weighted by Gasteiger charge is -2.40. The average Bonchev–Trinajstić information content (AvgIpc) is 2.37. The molecular formula is C17H27BrN2. The second-order valence-electron chi connectivity index (χ2n) is 7.12. The summed E-state index contributed by atoms with van der Waals surface area (Å²) in [5.74, 6) is 0.827. The number of hydrogen-bond donors (Lipinski definition) is 1. The van der Waals surface area contributed by atoms with Crippen molar-refractivity contribution >= 4 is 21.6 Å². The summed E-state index contributed by atoms with van der Waals surface area (Å²) in [7, 11) is 0. The summed E-state index contributed by atoms with van der Waals surface area (Å²) in [6.45, 7) is 11.4. The Morgan fingerprint density at radius 3 is 2.35 bits per heavy atom. The van der Waals surface area contributed by atoms with E-state index < -0.39 is 0 Å². The van der Waals surface area contributed by atoms with Crippen molar-refractivity contribution in [3.63, 3.8) is 0 Å². The summed E-state index contributed by atoms with van der Waals surface area (Å²) in [6.07, 6.45) is 2.55. The van der Waals surface area contributed by atoms with Crippen molar-refractivity contribution in [3.8, 4) is 0 Å². The minimum atomic E-state index is 0.0721. The molecule has 0 radical (unpaired) electrons. The van der Waals surface area contributed by atoms with Crippen LogP contribution in [0.25, 0.3) is 0 Å². The van der Waals surface area contributed by atoms with Crippen LogP contribution in [0.4, 0.5) is 5.69 Å². The quantitative estimate of drug-likeness (QED) is 0.844. The minimum Gasteiger partial charge on any atom is -0.371 e. The molecule has 1 aromatic rings. The highest BCUT2D eigenvalue weighted by atomic mass is 79.9. The predicted octanol–water partition coefficient (Wildman–Crippen LogP) is 4.73. The predicted molar refractivity (Wildman–Crippen MR) is 91.1 cm³/mol. The standard InChI is InChI=1S/C17H27BrN2/c1-12(19)15-11-14(18)5-6-16(15)20-9-7-13(8-10-20)17(2,3)4/h5-6,11-13H,7-10,19H2,1-4H3. The largest absolute Gasteiger partial charge is 0.371 e. The summed E-state index contributed by atoms with van der Waals surface area (Å²) < 4.78 is 1.11. The van der Waals surface area contributed by atoms with Crippen LogP contribution >= 0.6 is 15.9 Å². The van der Waals surface area contributed by atoms with Gasteiger partial charge in [-0.3, -0.25) is 0 Å². The summed E-state index contributed by atoms with van der Waals surface area (Å²) in [5.41, 5.74) is 9.12. The van der Waals surface area contributed by atoms with Gasteiger partial charge in [-0.1, -0.05) is 36.7 Å². The fourth-order valence-corrected chi connectivity index (χ4v) is 3.54. The summed E-state index contributed by atoms with van der Waals surface area (Å²) in [6, 6.07) is 6.57. The number of anilines is 1. The first-order valence-corrected chi connectivity index (χ1v) is 8.38. The van der Waals surface area contributed by atoms with Gasteiger partial charge in [0.15, 0.2) is 0 Å². The van der Waals surface area contributed by atoms with E-state index in [0.29, 0.717) is 5.41 Å². The van der Waals surface area contributed by atoms with Crippen LogP contribution in [0, 0.1) is 11.3 Å². The Balaban J connectivity index is 2.15. The zero-order chi connectivity index (χ0) is 14.9. The number of nitrogens with two attached hydrogens (primary N) is 1. The van der Waals surface area contributed by atoms with Crippen LogP contribution in [0.15, 0.2) is 22.7 Å². The molecule has 0 bridgehead atoms. The molecule has 1 aromatic carbocycles. The van der Waals surface area contributed by atoms with Crippen molar-refractivity contribution in [1.82, 2.24) is 0 Å². The van der Waals surface area contributed by atoms with Gasteiger partial charge >= 0.3 is 0 Å². The number of hydrogen-bond acceptors (Lipinski definition) is 2. The molecule has 1 unspecified atom stereocenters. The molecule has 0 saturated carbocycles. The molecule has 0 amide bonds. The molecule has 112 valence electrons. The first kappa shape index (κ1) is 15.8. The van der Waals surface area contributed by atoms with Gasteiger partial charge in [-0.25, -0.2) is 0 Å². The molecule has 1 saturated heterocycles. The van der Waals surface area contributed by atoms with E-state index in [1.54, 1.807) is 0 Å². The number of piperidine rings is 1. The topological polar surface area (TPSA) is 29.3 Å². The fourth-order valence-electron chi connectivity index (χ4n) is 3.16. The molecule has 2 nitrogen and oxygen atoms in total. The normalized spacial score (nSPS) is 19.2. The molecule has 2 rings (SSSR count). The fraction of sp³-hybridized carbons (Fsp3) is 0.647. The first-order valence-electron chi connectivity index (χ1n) is 7.59. The molecule has 1 atom stereocenters. The van der Waals surface area contributed by atoms with Gasteiger partial charge in [0, 0.05) is 29.3 Å². The SMILES string of the molecule is CC(N)c1cc(Br)ccc1N1CCC(C(C)(C)C)CC1. The van der Waals surface area contributed by atoms with Crippen molar-refractivity contribution in [2.75, 3.05) is 18.0 Å². The molecule has 0 aromatic heterocycles. The molecule has 1 fully saturated rings. The third-order valence-electron chi connectivity index (χ3n) is 4.54. The Labute approximate surface area is 131 Å². The van der Waals surface area contributed by atoms with Crippen molar-refractivity contribution < 1.29 is 0 Å². The highest BCUT2D eigenvalue weighted by molar-refractivity contribution is 9.10. The third-order valence-corrected chi connectivity index (χ3v) is 5.03. The zero-order valence-corrected chi connectivity index (χ0v) is 14.7. The maximum atomic E-state index is 6.14. The van der Waals surface area contributed by atoms with Gasteiger partial charge in [0.2, 0.25) is 0 Å². The van der Waals surface area contributed by atoms with Crippen molar-refractivity contribution in [2.45, 2.75) is 46.6 Å². The molecular weight excluding hydrogens is 312 g/mol. The van der Waals surface area contributed by atoms with Crippen LogP contribution in [-0.2, 0) is 0 Å². The van der Waals surface area contributed by atoms with Crippen molar-refractivity contribution in [2.24, 2.45) is 17.1 Å². The minimum absolute atomic E-state index is 0.0721. The number of nitrogens with zero attached hydrogens (tertiary/aromatic N) is 1. The van der Waals surface area contributed by atoms with Crippen LogP contribution in [0.5, 0.6) is 0 Å². The van der Waals surface area contributed by atoms with Crippen LogP contribution in [-0.4, -0.2) is 13.1 Å². The molecule has 1 heterocycles.